The van der Waals surface area contributed by atoms with Gasteiger partial charge in [-0.2, -0.15) is 5.10 Å². The molecule has 2 aromatic rings. The molecule has 2 rings (SSSR count). The fourth-order valence-corrected chi connectivity index (χ4v) is 3.13. The molecule has 1 N–H and O–H groups in total. The predicted octanol–water partition coefficient (Wildman–Crippen LogP) is 1.76. The number of ether oxygens (including phenoxy) is 2. The fraction of sp³-hybridized carbons (Fsp3) is 0.222. The Morgan fingerprint density at radius 3 is 2.43 bits per heavy atom. The monoisotopic (exact) mass is 409 g/mol. The van der Waals surface area contributed by atoms with Gasteiger partial charge in [0.15, 0.2) is 0 Å². The number of nitrogens with zero attached hydrogens (tertiary/aromatic N) is 2. The Morgan fingerprint density at radius 1 is 1.18 bits per heavy atom. The summed E-state index contributed by atoms with van der Waals surface area (Å²) in [6, 6.07) is 9.81. The third-order valence-corrected chi connectivity index (χ3v) is 4.78. The highest BCUT2D eigenvalue weighted by Gasteiger charge is 2.20. The summed E-state index contributed by atoms with van der Waals surface area (Å²) in [5.41, 5.74) is 3.01. The molecule has 8 nitrogen and oxygen atoms in total. The van der Waals surface area contributed by atoms with Crippen molar-refractivity contribution in [3.8, 4) is 11.5 Å². The molecule has 0 aliphatic carbocycles. The van der Waals surface area contributed by atoms with Gasteiger partial charge in [-0.1, -0.05) is 0 Å². The average molecular weight is 409 g/mol. The zero-order valence-electron chi connectivity index (χ0n) is 15.5. The second-order valence-electron chi connectivity index (χ2n) is 5.65. The number of rotatable bonds is 8. The van der Waals surface area contributed by atoms with Crippen LogP contribution in [0.5, 0.6) is 11.5 Å². The maximum Gasteiger partial charge on any atom is 0.260 e. The predicted molar refractivity (Wildman–Crippen MR) is 104 cm³/mol. The van der Waals surface area contributed by atoms with Crippen LogP contribution in [0.25, 0.3) is 0 Å². The number of hydrazone groups is 1. The standard InChI is InChI=1S/C18H20FN3O5S/c1-26-16-9-4-13(17(10-16)27-2)11-20-21-18(23)12-22(28(3,24)25)15-7-5-14(19)6-8-15/h4-11H,12H2,1-3H3,(H,21,23)/b20-11-. The molecule has 0 aliphatic heterocycles. The van der Waals surface area contributed by atoms with E-state index in [2.05, 4.69) is 10.5 Å². The lowest BCUT2D eigenvalue weighted by atomic mass is 10.2. The second kappa shape index (κ2) is 9.18. The number of halogens is 1. The highest BCUT2D eigenvalue weighted by atomic mass is 32.2. The smallest absolute Gasteiger partial charge is 0.260 e. The van der Waals surface area contributed by atoms with Crippen LogP contribution in [0.3, 0.4) is 0 Å². The second-order valence-corrected chi connectivity index (χ2v) is 7.55. The summed E-state index contributed by atoms with van der Waals surface area (Å²) in [5.74, 6) is -0.0966. The van der Waals surface area contributed by atoms with Crippen molar-refractivity contribution in [3.05, 3.63) is 53.8 Å². The number of sulfonamides is 1. The van der Waals surface area contributed by atoms with Crippen molar-refractivity contribution in [1.29, 1.82) is 0 Å². The molecule has 0 unspecified atom stereocenters. The summed E-state index contributed by atoms with van der Waals surface area (Å²) >= 11 is 0. The van der Waals surface area contributed by atoms with Crippen molar-refractivity contribution < 1.29 is 27.1 Å². The van der Waals surface area contributed by atoms with Gasteiger partial charge in [-0.15, -0.1) is 0 Å². The maximum absolute atomic E-state index is 13.1. The number of hydrogen-bond acceptors (Lipinski definition) is 6. The lowest BCUT2D eigenvalue weighted by molar-refractivity contribution is -0.119. The van der Waals surface area contributed by atoms with Gasteiger partial charge in [0.25, 0.3) is 5.91 Å². The molecule has 0 fully saturated rings. The van der Waals surface area contributed by atoms with E-state index < -0.39 is 28.3 Å². The topological polar surface area (TPSA) is 97.3 Å². The lowest BCUT2D eigenvalue weighted by Crippen LogP contribution is -2.39. The molecule has 0 spiro atoms. The first-order valence-corrected chi connectivity index (χ1v) is 9.86. The number of nitrogens with one attached hydrogen (secondary N) is 1. The van der Waals surface area contributed by atoms with Crippen LogP contribution < -0.4 is 19.2 Å². The molecule has 150 valence electrons. The number of benzene rings is 2. The summed E-state index contributed by atoms with van der Waals surface area (Å²) in [6.45, 7) is -0.512. The van der Waals surface area contributed by atoms with E-state index in [0.717, 1.165) is 22.7 Å². The van der Waals surface area contributed by atoms with Gasteiger partial charge < -0.3 is 9.47 Å². The van der Waals surface area contributed by atoms with Crippen LogP contribution in [0.4, 0.5) is 10.1 Å². The van der Waals surface area contributed by atoms with Crippen LogP contribution in [-0.2, 0) is 14.8 Å². The van der Waals surface area contributed by atoms with E-state index in [1.807, 2.05) is 0 Å². The molecule has 0 aliphatic rings. The summed E-state index contributed by atoms with van der Waals surface area (Å²) < 4.78 is 48.2. The van der Waals surface area contributed by atoms with Crippen molar-refractivity contribution in [2.75, 3.05) is 31.3 Å². The van der Waals surface area contributed by atoms with Crippen LogP contribution in [0, 0.1) is 5.82 Å². The summed E-state index contributed by atoms with van der Waals surface area (Å²) in [6.07, 6.45) is 2.31. The van der Waals surface area contributed by atoms with Gasteiger partial charge >= 0.3 is 0 Å². The third kappa shape index (κ3) is 5.68. The van der Waals surface area contributed by atoms with E-state index in [1.165, 1.54) is 32.6 Å². The number of hydrogen-bond donors (Lipinski definition) is 1. The average Bonchev–Trinajstić information content (AvgIpc) is 2.66. The van der Waals surface area contributed by atoms with Crippen LogP contribution >= 0.6 is 0 Å². The van der Waals surface area contributed by atoms with Gasteiger partial charge in [0.05, 0.1) is 32.4 Å². The first kappa shape index (κ1) is 21.2. The Hall–Kier alpha value is -3.14. The molecule has 1 amide bonds. The molecule has 0 saturated heterocycles. The van der Waals surface area contributed by atoms with Gasteiger partial charge in [0.2, 0.25) is 10.0 Å². The number of carbonyl (C=O) groups excluding carboxylic acids is 1. The number of carbonyl (C=O) groups is 1. The van der Waals surface area contributed by atoms with Gasteiger partial charge in [0.1, 0.15) is 23.9 Å². The quantitative estimate of drug-likeness (QED) is 0.529. The van der Waals surface area contributed by atoms with Gasteiger partial charge in [-0.3, -0.25) is 9.10 Å². The molecular weight excluding hydrogens is 389 g/mol. The van der Waals surface area contributed by atoms with Crippen LogP contribution in [-0.4, -0.2) is 47.6 Å². The van der Waals surface area contributed by atoms with E-state index in [4.69, 9.17) is 9.47 Å². The molecule has 0 atom stereocenters. The Balaban J connectivity index is 2.09. The molecule has 0 radical (unpaired) electrons. The molecule has 0 bridgehead atoms. The largest absolute Gasteiger partial charge is 0.497 e. The van der Waals surface area contributed by atoms with Crippen LogP contribution in [0.15, 0.2) is 47.6 Å². The Labute approximate surface area is 162 Å². The molecular formula is C18H20FN3O5S. The van der Waals surface area contributed by atoms with E-state index >= 15 is 0 Å². The lowest BCUT2D eigenvalue weighted by Gasteiger charge is -2.21. The Morgan fingerprint density at radius 2 is 1.86 bits per heavy atom. The zero-order valence-corrected chi connectivity index (χ0v) is 16.4. The number of anilines is 1. The third-order valence-electron chi connectivity index (χ3n) is 3.64. The first-order chi connectivity index (χ1) is 13.2. The molecule has 2 aromatic carbocycles. The Bertz CT molecular complexity index is 962. The van der Waals surface area contributed by atoms with E-state index in [-0.39, 0.29) is 5.69 Å². The minimum absolute atomic E-state index is 0.167. The van der Waals surface area contributed by atoms with Crippen molar-refractivity contribution in [1.82, 2.24) is 5.43 Å². The van der Waals surface area contributed by atoms with Gasteiger partial charge in [-0.25, -0.2) is 18.2 Å². The van der Waals surface area contributed by atoms with Crippen molar-refractivity contribution in [2.24, 2.45) is 5.10 Å². The van der Waals surface area contributed by atoms with Gasteiger partial charge in [0, 0.05) is 11.6 Å². The normalized spacial score (nSPS) is 11.3. The Kier molecular flexibility index (Phi) is 6.94. The summed E-state index contributed by atoms with van der Waals surface area (Å²) in [4.78, 5) is 12.1. The van der Waals surface area contributed by atoms with Gasteiger partial charge in [-0.05, 0) is 36.4 Å². The maximum atomic E-state index is 13.1. The number of methoxy groups -OCH3 is 2. The van der Waals surface area contributed by atoms with E-state index in [9.17, 15) is 17.6 Å². The highest BCUT2D eigenvalue weighted by Crippen LogP contribution is 2.23. The molecule has 0 heterocycles. The molecule has 0 saturated carbocycles. The fourth-order valence-electron chi connectivity index (χ4n) is 2.27. The SMILES string of the molecule is COc1ccc(/C=N\NC(=O)CN(c2ccc(F)cc2)S(C)(=O)=O)c(OC)c1. The molecule has 0 aromatic heterocycles. The minimum Gasteiger partial charge on any atom is -0.497 e. The van der Waals surface area contributed by atoms with Crippen LogP contribution in [0.2, 0.25) is 0 Å². The number of amides is 1. The molecule has 28 heavy (non-hydrogen) atoms. The summed E-state index contributed by atoms with van der Waals surface area (Å²) in [5, 5.41) is 3.82. The van der Waals surface area contributed by atoms with Crippen molar-refractivity contribution in [2.45, 2.75) is 0 Å². The first-order valence-electron chi connectivity index (χ1n) is 8.02. The molecule has 10 heteroatoms. The van der Waals surface area contributed by atoms with Crippen molar-refractivity contribution >= 4 is 27.8 Å². The minimum atomic E-state index is -3.76. The van der Waals surface area contributed by atoms with E-state index in [1.54, 1.807) is 18.2 Å². The summed E-state index contributed by atoms with van der Waals surface area (Å²) in [7, 11) is -0.748. The highest BCUT2D eigenvalue weighted by molar-refractivity contribution is 7.92. The van der Waals surface area contributed by atoms with E-state index in [0.29, 0.717) is 17.1 Å². The van der Waals surface area contributed by atoms with Crippen LogP contribution in [0.1, 0.15) is 5.56 Å². The van der Waals surface area contributed by atoms with Crippen molar-refractivity contribution in [3.63, 3.8) is 0 Å². The zero-order chi connectivity index (χ0) is 20.7.